The monoisotopic (exact) mass is 241 g/mol. The molecule has 0 saturated carbocycles. The quantitative estimate of drug-likeness (QED) is 0.808. The number of H-pyrrole nitrogens is 1. The Kier molecular flexibility index (Phi) is 3.21. The van der Waals surface area contributed by atoms with Gasteiger partial charge in [-0.25, -0.2) is 4.98 Å². The van der Waals surface area contributed by atoms with Crippen molar-refractivity contribution in [3.63, 3.8) is 0 Å². The van der Waals surface area contributed by atoms with Gasteiger partial charge in [-0.05, 0) is 25.7 Å². The van der Waals surface area contributed by atoms with Crippen LogP contribution in [0.3, 0.4) is 0 Å². The van der Waals surface area contributed by atoms with E-state index < -0.39 is 0 Å². The average Bonchev–Trinajstić information content (AvgIpc) is 2.64. The number of rotatable bonds is 4. The minimum atomic E-state index is 0.138. The number of nitrogens with zero attached hydrogens (tertiary/aromatic N) is 4. The molecule has 0 aliphatic carbocycles. The number of hydrogen-bond acceptors (Lipinski definition) is 5. The molecule has 0 bridgehead atoms. The second kappa shape index (κ2) is 4.63. The lowest BCUT2D eigenvalue weighted by Gasteiger charge is -2.10. The SMILES string of the molecule is CN(C)CCOc1nc(Cl)nc2nc[nH]c12. The highest BCUT2D eigenvalue weighted by atomic mass is 35.5. The molecule has 0 aliphatic rings. The lowest BCUT2D eigenvalue weighted by atomic mass is 10.5. The van der Waals surface area contributed by atoms with E-state index in [2.05, 4.69) is 19.9 Å². The van der Waals surface area contributed by atoms with E-state index in [1.807, 2.05) is 19.0 Å². The van der Waals surface area contributed by atoms with Crippen LogP contribution in [-0.2, 0) is 0 Å². The molecule has 86 valence electrons. The first-order valence-corrected chi connectivity index (χ1v) is 5.19. The molecular weight excluding hydrogens is 230 g/mol. The minimum Gasteiger partial charge on any atom is -0.475 e. The largest absolute Gasteiger partial charge is 0.475 e. The molecule has 16 heavy (non-hydrogen) atoms. The molecule has 1 N–H and O–H groups in total. The first-order valence-electron chi connectivity index (χ1n) is 4.81. The highest BCUT2D eigenvalue weighted by Crippen LogP contribution is 2.20. The summed E-state index contributed by atoms with van der Waals surface area (Å²) < 4.78 is 5.52. The van der Waals surface area contributed by atoms with Gasteiger partial charge in [0, 0.05) is 6.54 Å². The maximum absolute atomic E-state index is 5.76. The third-order valence-corrected chi connectivity index (χ3v) is 2.17. The van der Waals surface area contributed by atoms with Gasteiger partial charge in [-0.1, -0.05) is 0 Å². The van der Waals surface area contributed by atoms with Gasteiger partial charge in [-0.15, -0.1) is 0 Å². The van der Waals surface area contributed by atoms with Crippen LogP contribution < -0.4 is 4.74 Å². The maximum atomic E-state index is 5.76. The van der Waals surface area contributed by atoms with Crippen LogP contribution >= 0.6 is 11.6 Å². The van der Waals surface area contributed by atoms with Gasteiger partial charge in [0.2, 0.25) is 11.2 Å². The van der Waals surface area contributed by atoms with Crippen LogP contribution in [0.2, 0.25) is 5.28 Å². The summed E-state index contributed by atoms with van der Waals surface area (Å²) in [5.41, 5.74) is 1.18. The third kappa shape index (κ3) is 2.40. The Hall–Kier alpha value is -1.40. The maximum Gasteiger partial charge on any atom is 0.244 e. The van der Waals surface area contributed by atoms with Crippen molar-refractivity contribution >= 4 is 22.8 Å². The molecule has 2 rings (SSSR count). The Morgan fingerprint density at radius 3 is 3.00 bits per heavy atom. The van der Waals surface area contributed by atoms with Crippen LogP contribution in [0.4, 0.5) is 0 Å². The number of aromatic nitrogens is 4. The van der Waals surface area contributed by atoms with Crippen molar-refractivity contribution in [3.8, 4) is 5.88 Å². The molecule has 6 nitrogen and oxygen atoms in total. The van der Waals surface area contributed by atoms with E-state index in [1.165, 1.54) is 6.33 Å². The van der Waals surface area contributed by atoms with Crippen LogP contribution in [0.5, 0.6) is 5.88 Å². The van der Waals surface area contributed by atoms with Crippen molar-refractivity contribution in [2.45, 2.75) is 0 Å². The molecule has 0 atom stereocenters. The van der Waals surface area contributed by atoms with Gasteiger partial charge in [-0.3, -0.25) is 0 Å². The summed E-state index contributed by atoms with van der Waals surface area (Å²) in [6.07, 6.45) is 1.54. The highest BCUT2D eigenvalue weighted by molar-refractivity contribution is 6.28. The summed E-state index contributed by atoms with van der Waals surface area (Å²) in [5.74, 6) is 0.439. The number of imidazole rings is 1. The first-order chi connectivity index (χ1) is 7.66. The van der Waals surface area contributed by atoms with Crippen molar-refractivity contribution in [2.75, 3.05) is 27.2 Å². The van der Waals surface area contributed by atoms with Crippen molar-refractivity contribution < 1.29 is 4.74 Å². The highest BCUT2D eigenvalue weighted by Gasteiger charge is 2.09. The Morgan fingerprint density at radius 1 is 1.44 bits per heavy atom. The molecule has 0 aliphatic heterocycles. The smallest absolute Gasteiger partial charge is 0.244 e. The van der Waals surface area contributed by atoms with Crippen LogP contribution in [0.25, 0.3) is 11.2 Å². The number of aromatic amines is 1. The zero-order chi connectivity index (χ0) is 11.5. The average molecular weight is 242 g/mol. The zero-order valence-corrected chi connectivity index (χ0v) is 9.82. The van der Waals surface area contributed by atoms with Gasteiger partial charge in [0.25, 0.3) is 0 Å². The molecule has 7 heteroatoms. The predicted molar refractivity (Wildman–Crippen MR) is 60.7 cm³/mol. The fourth-order valence-corrected chi connectivity index (χ4v) is 1.37. The normalized spacial score (nSPS) is 11.2. The van der Waals surface area contributed by atoms with Gasteiger partial charge < -0.3 is 14.6 Å². The molecule has 0 amide bonds. The number of ether oxygens (including phenoxy) is 1. The zero-order valence-electron chi connectivity index (χ0n) is 9.07. The van der Waals surface area contributed by atoms with E-state index in [0.717, 1.165) is 6.54 Å². The molecular formula is C9H12ClN5O. The van der Waals surface area contributed by atoms with Gasteiger partial charge in [0.1, 0.15) is 12.1 Å². The fourth-order valence-electron chi connectivity index (χ4n) is 1.21. The van der Waals surface area contributed by atoms with Gasteiger partial charge >= 0.3 is 0 Å². The number of nitrogens with one attached hydrogen (secondary N) is 1. The van der Waals surface area contributed by atoms with Crippen LogP contribution in [0.15, 0.2) is 6.33 Å². The minimum absolute atomic E-state index is 0.138. The number of halogens is 1. The Labute approximate surface area is 97.6 Å². The number of fused-ring (bicyclic) bond motifs is 1. The number of likely N-dealkylation sites (N-methyl/N-ethyl adjacent to an activating group) is 1. The summed E-state index contributed by atoms with van der Waals surface area (Å²) in [6.45, 7) is 1.34. The molecule has 2 aromatic heterocycles. The van der Waals surface area contributed by atoms with Crippen molar-refractivity contribution in [3.05, 3.63) is 11.6 Å². The Morgan fingerprint density at radius 2 is 2.25 bits per heavy atom. The lowest BCUT2D eigenvalue weighted by molar-refractivity contribution is 0.256. The van der Waals surface area contributed by atoms with Gasteiger partial charge in [-0.2, -0.15) is 9.97 Å². The lowest BCUT2D eigenvalue weighted by Crippen LogP contribution is -2.19. The second-order valence-electron chi connectivity index (χ2n) is 3.55. The van der Waals surface area contributed by atoms with E-state index in [-0.39, 0.29) is 5.28 Å². The topological polar surface area (TPSA) is 66.9 Å². The predicted octanol–water partition coefficient (Wildman–Crippen LogP) is 0.947. The second-order valence-corrected chi connectivity index (χ2v) is 3.89. The van der Waals surface area contributed by atoms with Crippen molar-refractivity contribution in [2.24, 2.45) is 0 Å². The Balaban J connectivity index is 2.19. The molecule has 0 spiro atoms. The third-order valence-electron chi connectivity index (χ3n) is 2.00. The van der Waals surface area contributed by atoms with Crippen LogP contribution in [0.1, 0.15) is 0 Å². The first kappa shape index (κ1) is 11.1. The van der Waals surface area contributed by atoms with Gasteiger partial charge in [0.05, 0.1) is 6.33 Å². The van der Waals surface area contributed by atoms with Gasteiger partial charge in [0.15, 0.2) is 5.65 Å². The van der Waals surface area contributed by atoms with Crippen LogP contribution in [0, 0.1) is 0 Å². The van der Waals surface area contributed by atoms with E-state index in [4.69, 9.17) is 16.3 Å². The number of hydrogen-bond donors (Lipinski definition) is 1. The molecule has 0 fully saturated rings. The molecule has 0 radical (unpaired) electrons. The molecule has 2 heterocycles. The fraction of sp³-hybridized carbons (Fsp3) is 0.444. The molecule has 0 aromatic carbocycles. The van der Waals surface area contributed by atoms with E-state index in [9.17, 15) is 0 Å². The summed E-state index contributed by atoms with van der Waals surface area (Å²) in [7, 11) is 3.95. The van der Waals surface area contributed by atoms with Crippen LogP contribution in [-0.4, -0.2) is 52.1 Å². The van der Waals surface area contributed by atoms with E-state index >= 15 is 0 Å². The molecule has 0 saturated heterocycles. The summed E-state index contributed by atoms with van der Waals surface area (Å²) >= 11 is 5.76. The van der Waals surface area contributed by atoms with E-state index in [1.54, 1.807) is 0 Å². The Bertz CT molecular complexity index is 484. The van der Waals surface area contributed by atoms with E-state index in [0.29, 0.717) is 23.7 Å². The molecule has 0 unspecified atom stereocenters. The molecule has 2 aromatic rings. The summed E-state index contributed by atoms with van der Waals surface area (Å²) in [6, 6.07) is 0. The summed E-state index contributed by atoms with van der Waals surface area (Å²) in [4.78, 5) is 16.9. The van der Waals surface area contributed by atoms with Crippen molar-refractivity contribution in [1.29, 1.82) is 0 Å². The van der Waals surface area contributed by atoms with Crippen molar-refractivity contribution in [1.82, 2.24) is 24.8 Å². The standard InChI is InChI=1S/C9H12ClN5O/c1-15(2)3-4-16-8-6-7(12-5-11-6)13-9(10)14-8/h5H,3-4H2,1-2H3,(H,11,12,13,14). The summed E-state index contributed by atoms with van der Waals surface area (Å²) in [5, 5.41) is 0.138.